The molecule has 1 heterocycles. The van der Waals surface area contributed by atoms with Gasteiger partial charge in [-0.2, -0.15) is 5.26 Å². The first-order chi connectivity index (χ1) is 13.1. The molecule has 3 rings (SSSR count). The molecule has 27 heavy (non-hydrogen) atoms. The summed E-state index contributed by atoms with van der Waals surface area (Å²) in [5.41, 5.74) is 2.23. The number of ether oxygens (including phenoxy) is 1. The van der Waals surface area contributed by atoms with E-state index in [0.717, 1.165) is 24.1 Å². The predicted octanol–water partition coefficient (Wildman–Crippen LogP) is 3.64. The van der Waals surface area contributed by atoms with Gasteiger partial charge < -0.3 is 10.1 Å². The Balaban J connectivity index is 1.73. The Morgan fingerprint density at radius 2 is 2.04 bits per heavy atom. The standard InChI is InChI=1S/C19H19N3O4S/c20-12-15-11-17(22(23)24)4-5-19(15)21-16-3-1-2-14(10-16)13-27(25)18-6-8-26-9-7-18/h1-5,10-11,18,21H,6-9,13H2. The average Bonchev–Trinajstić information content (AvgIpc) is 2.69. The van der Waals surface area contributed by atoms with Crippen molar-refractivity contribution >= 4 is 27.9 Å². The Morgan fingerprint density at radius 3 is 2.74 bits per heavy atom. The van der Waals surface area contributed by atoms with E-state index in [1.807, 2.05) is 30.3 Å². The number of hydrogen-bond donors (Lipinski definition) is 1. The number of nitriles is 1. The maximum absolute atomic E-state index is 12.6. The van der Waals surface area contributed by atoms with E-state index < -0.39 is 15.7 Å². The molecule has 1 atom stereocenters. The van der Waals surface area contributed by atoms with Crippen LogP contribution in [0.15, 0.2) is 42.5 Å². The van der Waals surface area contributed by atoms with Gasteiger partial charge >= 0.3 is 0 Å². The van der Waals surface area contributed by atoms with E-state index in [4.69, 9.17) is 4.74 Å². The summed E-state index contributed by atoms with van der Waals surface area (Å²) in [5, 5.41) is 23.4. The lowest BCUT2D eigenvalue weighted by molar-refractivity contribution is -0.384. The molecule has 0 amide bonds. The fourth-order valence-corrected chi connectivity index (χ4v) is 4.42. The first-order valence-corrected chi connectivity index (χ1v) is 9.94. The molecule has 0 radical (unpaired) electrons. The SMILES string of the molecule is N#Cc1cc([N+](=O)[O-])ccc1Nc1cccc(CS(=O)C2CCOCC2)c1. The molecular formula is C19H19N3O4S. The van der Waals surface area contributed by atoms with Crippen LogP contribution in [0.5, 0.6) is 0 Å². The Morgan fingerprint density at radius 1 is 1.26 bits per heavy atom. The van der Waals surface area contributed by atoms with Crippen molar-refractivity contribution < 1.29 is 13.9 Å². The van der Waals surface area contributed by atoms with Crippen molar-refractivity contribution in [2.24, 2.45) is 0 Å². The van der Waals surface area contributed by atoms with Crippen molar-refractivity contribution in [2.75, 3.05) is 18.5 Å². The van der Waals surface area contributed by atoms with Crippen LogP contribution in [0.3, 0.4) is 0 Å². The van der Waals surface area contributed by atoms with Crippen molar-refractivity contribution in [3.63, 3.8) is 0 Å². The topological polar surface area (TPSA) is 105 Å². The molecule has 2 aromatic rings. The molecule has 0 aliphatic carbocycles. The third kappa shape index (κ3) is 4.90. The minimum atomic E-state index is -0.962. The number of benzene rings is 2. The predicted molar refractivity (Wildman–Crippen MR) is 103 cm³/mol. The number of nitro groups is 1. The largest absolute Gasteiger partial charge is 0.381 e. The van der Waals surface area contributed by atoms with Crippen LogP contribution >= 0.6 is 0 Å². The van der Waals surface area contributed by atoms with Crippen molar-refractivity contribution in [1.29, 1.82) is 5.26 Å². The number of anilines is 2. The quantitative estimate of drug-likeness (QED) is 0.601. The van der Waals surface area contributed by atoms with Crippen molar-refractivity contribution in [3.8, 4) is 6.07 Å². The molecule has 1 aliphatic heterocycles. The Hall–Kier alpha value is -2.76. The second-order valence-corrected chi connectivity index (χ2v) is 7.98. The van der Waals surface area contributed by atoms with Crippen molar-refractivity contribution in [2.45, 2.75) is 23.8 Å². The van der Waals surface area contributed by atoms with Gasteiger partial charge in [0.25, 0.3) is 5.69 Å². The highest BCUT2D eigenvalue weighted by Gasteiger charge is 2.20. The highest BCUT2D eigenvalue weighted by atomic mass is 32.2. The van der Waals surface area contributed by atoms with Crippen LogP contribution in [0, 0.1) is 21.4 Å². The number of non-ortho nitro benzene ring substituents is 1. The van der Waals surface area contributed by atoms with Crippen LogP contribution < -0.4 is 5.32 Å². The first-order valence-electron chi connectivity index (χ1n) is 8.56. The second-order valence-electron chi connectivity index (χ2n) is 6.26. The smallest absolute Gasteiger partial charge is 0.270 e. The average molecular weight is 385 g/mol. The summed E-state index contributed by atoms with van der Waals surface area (Å²) in [5.74, 6) is 0.464. The fourth-order valence-electron chi connectivity index (χ4n) is 2.96. The number of nitro benzene ring substituents is 1. The molecule has 1 fully saturated rings. The van der Waals surface area contributed by atoms with Crippen molar-refractivity contribution in [1.82, 2.24) is 0 Å². The molecular weight excluding hydrogens is 366 g/mol. The molecule has 0 saturated carbocycles. The van der Waals surface area contributed by atoms with Gasteiger partial charge in [-0.25, -0.2) is 0 Å². The lowest BCUT2D eigenvalue weighted by Crippen LogP contribution is -2.25. The van der Waals surface area contributed by atoms with Gasteiger partial charge in [0.2, 0.25) is 0 Å². The third-order valence-corrected chi connectivity index (χ3v) is 6.22. The number of nitrogens with one attached hydrogen (secondary N) is 1. The molecule has 1 unspecified atom stereocenters. The summed E-state index contributed by atoms with van der Waals surface area (Å²) in [7, 11) is -0.962. The van der Waals surface area contributed by atoms with Gasteiger partial charge in [0.15, 0.2) is 0 Å². The van der Waals surface area contributed by atoms with Gasteiger partial charge in [-0.05, 0) is 36.6 Å². The van der Waals surface area contributed by atoms with Gasteiger partial charge in [-0.3, -0.25) is 14.3 Å². The molecule has 0 aromatic heterocycles. The van der Waals surface area contributed by atoms with Crippen molar-refractivity contribution in [3.05, 3.63) is 63.7 Å². The fraction of sp³-hybridized carbons (Fsp3) is 0.316. The molecule has 0 bridgehead atoms. The van der Waals surface area contributed by atoms with E-state index in [1.165, 1.54) is 18.2 Å². The van der Waals surface area contributed by atoms with Gasteiger partial charge in [0.1, 0.15) is 6.07 Å². The summed E-state index contributed by atoms with van der Waals surface area (Å²) >= 11 is 0. The van der Waals surface area contributed by atoms with Gasteiger partial charge in [0, 0.05) is 52.8 Å². The van der Waals surface area contributed by atoms with Gasteiger partial charge in [0.05, 0.1) is 16.2 Å². The lowest BCUT2D eigenvalue weighted by Gasteiger charge is -2.21. The molecule has 0 spiro atoms. The monoisotopic (exact) mass is 385 g/mol. The van der Waals surface area contributed by atoms with Crippen LogP contribution in [0.4, 0.5) is 17.1 Å². The zero-order valence-electron chi connectivity index (χ0n) is 14.6. The van der Waals surface area contributed by atoms with Crippen LogP contribution in [0.2, 0.25) is 0 Å². The maximum Gasteiger partial charge on any atom is 0.270 e. The third-order valence-electron chi connectivity index (χ3n) is 4.39. The van der Waals surface area contributed by atoms with Gasteiger partial charge in [-0.1, -0.05) is 12.1 Å². The molecule has 1 aliphatic rings. The number of nitrogens with zero attached hydrogens (tertiary/aromatic N) is 2. The van der Waals surface area contributed by atoms with E-state index in [-0.39, 0.29) is 16.5 Å². The van der Waals surface area contributed by atoms with Crippen LogP contribution in [-0.4, -0.2) is 27.6 Å². The van der Waals surface area contributed by atoms with Crippen LogP contribution in [0.25, 0.3) is 0 Å². The van der Waals surface area contributed by atoms with E-state index in [0.29, 0.717) is 24.7 Å². The molecule has 1 N–H and O–H groups in total. The lowest BCUT2D eigenvalue weighted by atomic mass is 10.1. The maximum atomic E-state index is 12.6. The first kappa shape index (κ1) is 19.0. The highest BCUT2D eigenvalue weighted by Crippen LogP contribution is 2.26. The molecule has 8 heteroatoms. The summed E-state index contributed by atoms with van der Waals surface area (Å²) in [6.07, 6.45) is 1.64. The van der Waals surface area contributed by atoms with Gasteiger partial charge in [-0.15, -0.1) is 0 Å². The van der Waals surface area contributed by atoms with Crippen LogP contribution in [0.1, 0.15) is 24.0 Å². The minimum Gasteiger partial charge on any atom is -0.381 e. The zero-order chi connectivity index (χ0) is 19.2. The summed E-state index contributed by atoms with van der Waals surface area (Å²) in [6.45, 7) is 1.32. The number of hydrogen-bond acceptors (Lipinski definition) is 6. The summed E-state index contributed by atoms with van der Waals surface area (Å²) in [4.78, 5) is 10.3. The Kier molecular flexibility index (Phi) is 6.16. The van der Waals surface area contributed by atoms with E-state index in [1.54, 1.807) is 0 Å². The zero-order valence-corrected chi connectivity index (χ0v) is 15.4. The van der Waals surface area contributed by atoms with E-state index in [9.17, 15) is 19.6 Å². The summed E-state index contributed by atoms with van der Waals surface area (Å²) in [6, 6.07) is 13.6. The molecule has 140 valence electrons. The second kappa shape index (κ2) is 8.75. The molecule has 2 aromatic carbocycles. The van der Waals surface area contributed by atoms with E-state index >= 15 is 0 Å². The number of rotatable bonds is 6. The highest BCUT2D eigenvalue weighted by molar-refractivity contribution is 7.84. The normalized spacial score (nSPS) is 15.7. The Bertz CT molecular complexity index is 904. The molecule has 1 saturated heterocycles. The summed E-state index contributed by atoms with van der Waals surface area (Å²) < 4.78 is 17.9. The molecule has 7 nitrogen and oxygen atoms in total. The minimum absolute atomic E-state index is 0.127. The van der Waals surface area contributed by atoms with E-state index in [2.05, 4.69) is 5.32 Å². The Labute approximate surface area is 159 Å². The van der Waals surface area contributed by atoms with Crippen LogP contribution in [-0.2, 0) is 21.3 Å².